The standard InChI is InChI=1S/C13H21F3N2O3/c14-13(15,16)6-7-18(8-11(20)9-19)12(21)17-10-4-2-1-3-5-10/h1-2,10-11,19-20H,3-9H2,(H,17,21)/t10?,11-/m0/s1. The van der Waals surface area contributed by atoms with E-state index in [-0.39, 0.29) is 12.6 Å². The van der Waals surface area contributed by atoms with E-state index in [2.05, 4.69) is 5.32 Å². The molecule has 0 aromatic carbocycles. The second-order valence-corrected chi connectivity index (χ2v) is 5.08. The lowest BCUT2D eigenvalue weighted by atomic mass is 10.0. The Balaban J connectivity index is 2.56. The number of allylic oxidation sites excluding steroid dienone is 1. The molecule has 0 aromatic heterocycles. The monoisotopic (exact) mass is 310 g/mol. The van der Waals surface area contributed by atoms with Crippen molar-refractivity contribution >= 4 is 6.03 Å². The summed E-state index contributed by atoms with van der Waals surface area (Å²) in [7, 11) is 0. The van der Waals surface area contributed by atoms with Gasteiger partial charge in [0.05, 0.1) is 25.7 Å². The zero-order valence-electron chi connectivity index (χ0n) is 11.6. The van der Waals surface area contributed by atoms with Crippen molar-refractivity contribution in [3.63, 3.8) is 0 Å². The number of carbonyl (C=O) groups is 1. The molecule has 8 heteroatoms. The highest BCUT2D eigenvalue weighted by Crippen LogP contribution is 2.20. The molecule has 1 aliphatic carbocycles. The average molecular weight is 310 g/mol. The van der Waals surface area contributed by atoms with Gasteiger partial charge in [-0.25, -0.2) is 4.79 Å². The van der Waals surface area contributed by atoms with Crippen LogP contribution >= 0.6 is 0 Å². The predicted octanol–water partition coefficient (Wildman–Crippen LogP) is 1.41. The number of nitrogens with zero attached hydrogens (tertiary/aromatic N) is 1. The van der Waals surface area contributed by atoms with Crippen LogP contribution < -0.4 is 5.32 Å². The van der Waals surface area contributed by atoms with Gasteiger partial charge < -0.3 is 20.4 Å². The first-order chi connectivity index (χ1) is 9.81. The third-order valence-corrected chi connectivity index (χ3v) is 3.19. The maximum Gasteiger partial charge on any atom is 0.390 e. The van der Waals surface area contributed by atoms with E-state index in [9.17, 15) is 23.1 Å². The van der Waals surface area contributed by atoms with Crippen LogP contribution in [0, 0.1) is 0 Å². The highest BCUT2D eigenvalue weighted by atomic mass is 19.4. The molecule has 0 saturated carbocycles. The zero-order chi connectivity index (χ0) is 15.9. The van der Waals surface area contributed by atoms with Gasteiger partial charge in [-0.1, -0.05) is 12.2 Å². The molecule has 1 aliphatic rings. The van der Waals surface area contributed by atoms with Gasteiger partial charge in [-0.2, -0.15) is 13.2 Å². The quantitative estimate of drug-likeness (QED) is 0.650. The number of carbonyl (C=O) groups excluding carboxylic acids is 1. The van der Waals surface area contributed by atoms with Gasteiger partial charge in [0.25, 0.3) is 0 Å². The highest BCUT2D eigenvalue weighted by molar-refractivity contribution is 5.74. The molecule has 3 N–H and O–H groups in total. The van der Waals surface area contributed by atoms with E-state index in [0.717, 1.165) is 17.7 Å². The Morgan fingerprint density at radius 3 is 2.67 bits per heavy atom. The SMILES string of the molecule is O=C(NC1CC=CCC1)N(CCC(F)(F)F)C[C@H](O)CO. The van der Waals surface area contributed by atoms with Crippen molar-refractivity contribution in [3.05, 3.63) is 12.2 Å². The molecule has 0 aliphatic heterocycles. The Kier molecular flexibility index (Phi) is 6.97. The Labute approximate surface area is 121 Å². The third-order valence-electron chi connectivity index (χ3n) is 3.19. The molecule has 0 saturated heterocycles. The molecule has 21 heavy (non-hydrogen) atoms. The van der Waals surface area contributed by atoms with Gasteiger partial charge in [-0.05, 0) is 19.3 Å². The van der Waals surface area contributed by atoms with E-state index in [1.807, 2.05) is 12.2 Å². The summed E-state index contributed by atoms with van der Waals surface area (Å²) >= 11 is 0. The van der Waals surface area contributed by atoms with E-state index in [1.54, 1.807) is 0 Å². The van der Waals surface area contributed by atoms with E-state index < -0.39 is 37.9 Å². The molecule has 5 nitrogen and oxygen atoms in total. The molecular weight excluding hydrogens is 289 g/mol. The fourth-order valence-electron chi connectivity index (χ4n) is 2.04. The van der Waals surface area contributed by atoms with E-state index in [0.29, 0.717) is 6.42 Å². The summed E-state index contributed by atoms with van der Waals surface area (Å²) in [5, 5.41) is 20.8. The Morgan fingerprint density at radius 1 is 1.43 bits per heavy atom. The van der Waals surface area contributed by atoms with Crippen molar-refractivity contribution in [2.45, 2.75) is 44.0 Å². The van der Waals surface area contributed by atoms with Crippen LogP contribution in [0.4, 0.5) is 18.0 Å². The number of aliphatic hydroxyl groups excluding tert-OH is 2. The zero-order valence-corrected chi connectivity index (χ0v) is 11.6. The van der Waals surface area contributed by atoms with Crippen molar-refractivity contribution in [2.24, 2.45) is 0 Å². The summed E-state index contributed by atoms with van der Waals surface area (Å²) in [6, 6.07) is -0.755. The minimum absolute atomic E-state index is 0.109. The number of alkyl halides is 3. The van der Waals surface area contributed by atoms with Gasteiger partial charge >= 0.3 is 12.2 Å². The lowest BCUT2D eigenvalue weighted by Crippen LogP contribution is -2.49. The van der Waals surface area contributed by atoms with Crippen LogP contribution in [-0.4, -0.2) is 59.2 Å². The molecule has 0 heterocycles. The number of hydrogen-bond acceptors (Lipinski definition) is 3. The molecular formula is C13H21F3N2O3. The summed E-state index contributed by atoms with van der Waals surface area (Å²) < 4.78 is 36.8. The fourth-order valence-corrected chi connectivity index (χ4v) is 2.04. The van der Waals surface area contributed by atoms with Crippen molar-refractivity contribution in [2.75, 3.05) is 19.7 Å². The minimum Gasteiger partial charge on any atom is -0.394 e. The molecule has 0 fully saturated rings. The maximum atomic E-state index is 12.3. The summed E-state index contributed by atoms with van der Waals surface area (Å²) in [5.41, 5.74) is 0. The van der Waals surface area contributed by atoms with Crippen LogP contribution in [0.3, 0.4) is 0 Å². The molecule has 0 bridgehead atoms. The molecule has 1 unspecified atom stereocenters. The lowest BCUT2D eigenvalue weighted by Gasteiger charge is -2.28. The Morgan fingerprint density at radius 2 is 2.14 bits per heavy atom. The van der Waals surface area contributed by atoms with Crippen LogP contribution in [0.15, 0.2) is 12.2 Å². The van der Waals surface area contributed by atoms with Gasteiger partial charge in [0.1, 0.15) is 0 Å². The van der Waals surface area contributed by atoms with Crippen molar-refractivity contribution in [1.82, 2.24) is 10.2 Å². The van der Waals surface area contributed by atoms with Crippen molar-refractivity contribution in [1.29, 1.82) is 0 Å². The number of halogens is 3. The predicted molar refractivity (Wildman–Crippen MR) is 70.6 cm³/mol. The average Bonchev–Trinajstić information content (AvgIpc) is 2.43. The summed E-state index contributed by atoms with van der Waals surface area (Å²) in [6.07, 6.45) is -0.697. The number of aliphatic hydroxyl groups is 2. The fraction of sp³-hybridized carbons (Fsp3) is 0.769. The van der Waals surface area contributed by atoms with E-state index in [4.69, 9.17) is 5.11 Å². The van der Waals surface area contributed by atoms with Gasteiger partial charge in [-0.3, -0.25) is 0 Å². The van der Waals surface area contributed by atoms with E-state index >= 15 is 0 Å². The molecule has 0 radical (unpaired) electrons. The van der Waals surface area contributed by atoms with Crippen LogP contribution in [0.2, 0.25) is 0 Å². The van der Waals surface area contributed by atoms with Gasteiger partial charge in [0.2, 0.25) is 0 Å². The normalized spacial score (nSPS) is 20.1. The van der Waals surface area contributed by atoms with Crippen molar-refractivity contribution in [3.8, 4) is 0 Å². The number of nitrogens with one attached hydrogen (secondary N) is 1. The maximum absolute atomic E-state index is 12.3. The molecule has 0 spiro atoms. The Bertz CT molecular complexity index is 361. The molecule has 1 rings (SSSR count). The Hall–Kier alpha value is -1.28. The summed E-state index contributed by atoms with van der Waals surface area (Å²) in [5.74, 6) is 0. The first-order valence-electron chi connectivity index (χ1n) is 6.88. The second-order valence-electron chi connectivity index (χ2n) is 5.08. The molecule has 2 amide bonds. The topological polar surface area (TPSA) is 72.8 Å². The summed E-state index contributed by atoms with van der Waals surface area (Å²) in [4.78, 5) is 12.9. The first kappa shape index (κ1) is 17.8. The lowest BCUT2D eigenvalue weighted by molar-refractivity contribution is -0.137. The molecule has 122 valence electrons. The minimum atomic E-state index is -4.38. The largest absolute Gasteiger partial charge is 0.394 e. The van der Waals surface area contributed by atoms with Crippen LogP contribution in [0.25, 0.3) is 0 Å². The smallest absolute Gasteiger partial charge is 0.390 e. The highest BCUT2D eigenvalue weighted by Gasteiger charge is 2.30. The second kappa shape index (κ2) is 8.23. The van der Waals surface area contributed by atoms with Crippen molar-refractivity contribution < 1.29 is 28.2 Å². The molecule has 0 aromatic rings. The summed E-state index contributed by atoms with van der Waals surface area (Å²) in [6.45, 7) is -1.49. The first-order valence-corrected chi connectivity index (χ1v) is 6.88. The third kappa shape index (κ3) is 7.33. The van der Waals surface area contributed by atoms with Crippen LogP contribution in [0.1, 0.15) is 25.7 Å². The number of rotatable bonds is 6. The van der Waals surface area contributed by atoms with Gasteiger partial charge in [0.15, 0.2) is 0 Å². The van der Waals surface area contributed by atoms with Gasteiger partial charge in [-0.15, -0.1) is 0 Å². The number of hydrogen-bond donors (Lipinski definition) is 3. The van der Waals surface area contributed by atoms with Crippen LogP contribution in [-0.2, 0) is 0 Å². The van der Waals surface area contributed by atoms with Gasteiger partial charge in [0, 0.05) is 12.6 Å². The molecule has 2 atom stereocenters. The van der Waals surface area contributed by atoms with E-state index in [1.165, 1.54) is 0 Å². The number of amides is 2. The number of urea groups is 1. The van der Waals surface area contributed by atoms with Crippen LogP contribution in [0.5, 0.6) is 0 Å².